The molecule has 1 aliphatic heterocycles. The third kappa shape index (κ3) is 5.17. The van der Waals surface area contributed by atoms with Crippen LogP contribution in [0.25, 0.3) is 0 Å². The van der Waals surface area contributed by atoms with Crippen molar-refractivity contribution >= 4 is 45.9 Å². The van der Waals surface area contributed by atoms with E-state index in [-0.39, 0.29) is 34.3 Å². The number of hydrogen-bond acceptors (Lipinski definition) is 6. The number of carbonyl (C=O) groups excluding carboxylic acids is 2. The maximum absolute atomic E-state index is 14.3. The zero-order valence-electron chi connectivity index (χ0n) is 19.9. The highest BCUT2D eigenvalue weighted by Crippen LogP contribution is 2.48. The van der Waals surface area contributed by atoms with Gasteiger partial charge in [0.25, 0.3) is 17.4 Å². The third-order valence-electron chi connectivity index (χ3n) is 5.70. The summed E-state index contributed by atoms with van der Waals surface area (Å²) in [6, 6.07) is 8.64. The molecule has 1 atom stereocenters. The van der Waals surface area contributed by atoms with E-state index in [2.05, 4.69) is 25.9 Å². The topological polar surface area (TPSA) is 110 Å². The number of carbonyl (C=O) groups is 2. The van der Waals surface area contributed by atoms with Gasteiger partial charge in [-0.2, -0.15) is 18.3 Å². The molecule has 2 heterocycles. The molecule has 9 nitrogen and oxygen atoms in total. The number of anilines is 1. The first-order chi connectivity index (χ1) is 17.4. The van der Waals surface area contributed by atoms with Crippen molar-refractivity contribution in [3.8, 4) is 0 Å². The number of benzene rings is 2. The smallest absolute Gasteiger partial charge is 0.372 e. The van der Waals surface area contributed by atoms with Gasteiger partial charge in [-0.25, -0.2) is 9.67 Å². The number of nitrogens with one attached hydrogen (secondary N) is 2. The molecule has 3 aromatic rings. The van der Waals surface area contributed by atoms with Gasteiger partial charge in [0, 0.05) is 20.9 Å². The lowest BCUT2D eigenvalue weighted by atomic mass is 9.88. The SMILES string of the molecule is Cc1cc(C2(C(F)(F)F)CC(n3cncn3)=NO2)ccc1NC(=O)c1cccc(I)c1C(=O)NC(C)C. The summed E-state index contributed by atoms with van der Waals surface area (Å²) in [4.78, 5) is 34.6. The first-order valence-electron chi connectivity index (χ1n) is 11.1. The van der Waals surface area contributed by atoms with Crippen LogP contribution in [-0.2, 0) is 10.4 Å². The Labute approximate surface area is 223 Å². The van der Waals surface area contributed by atoms with Crippen molar-refractivity contribution in [3.63, 3.8) is 0 Å². The van der Waals surface area contributed by atoms with Crippen LogP contribution in [-0.4, -0.2) is 44.6 Å². The van der Waals surface area contributed by atoms with Crippen LogP contribution in [0.1, 0.15) is 52.1 Å². The second kappa shape index (κ2) is 10.1. The highest BCUT2D eigenvalue weighted by Gasteiger charge is 2.62. The molecule has 4 rings (SSSR count). The van der Waals surface area contributed by atoms with Crippen LogP contribution >= 0.6 is 22.6 Å². The zero-order chi connectivity index (χ0) is 27.0. The number of rotatable bonds is 5. The van der Waals surface area contributed by atoms with Gasteiger partial charge in [0.2, 0.25) is 0 Å². The number of nitrogens with zero attached hydrogens (tertiary/aromatic N) is 4. The Morgan fingerprint density at radius 1 is 1.19 bits per heavy atom. The van der Waals surface area contributed by atoms with Crippen LogP contribution in [0.3, 0.4) is 0 Å². The van der Waals surface area contributed by atoms with Gasteiger partial charge in [-0.05, 0) is 73.2 Å². The summed E-state index contributed by atoms with van der Waals surface area (Å²) in [5, 5.41) is 12.9. The summed E-state index contributed by atoms with van der Waals surface area (Å²) < 4.78 is 44.5. The fraction of sp³-hybridized carbons (Fsp3) is 0.292. The van der Waals surface area contributed by atoms with E-state index < -0.39 is 30.0 Å². The van der Waals surface area contributed by atoms with Crippen molar-refractivity contribution in [1.82, 2.24) is 20.1 Å². The quantitative estimate of drug-likeness (QED) is 0.402. The number of hydrogen-bond donors (Lipinski definition) is 2. The molecule has 0 fully saturated rings. The number of oxime groups is 1. The first-order valence-corrected chi connectivity index (χ1v) is 12.2. The molecule has 13 heteroatoms. The summed E-state index contributed by atoms with van der Waals surface area (Å²) in [5.41, 5.74) is -1.89. The minimum absolute atomic E-state index is 0.0456. The Kier molecular flexibility index (Phi) is 7.26. The van der Waals surface area contributed by atoms with Crippen LogP contribution in [0.4, 0.5) is 18.9 Å². The molecule has 0 radical (unpaired) electrons. The fourth-order valence-electron chi connectivity index (χ4n) is 3.88. The molecule has 0 saturated heterocycles. The lowest BCUT2D eigenvalue weighted by Gasteiger charge is -2.29. The Bertz CT molecular complexity index is 1370. The Morgan fingerprint density at radius 3 is 2.57 bits per heavy atom. The Morgan fingerprint density at radius 2 is 1.95 bits per heavy atom. The van der Waals surface area contributed by atoms with E-state index >= 15 is 0 Å². The van der Waals surface area contributed by atoms with Crippen molar-refractivity contribution in [3.05, 3.63) is 74.9 Å². The molecule has 1 aliphatic rings. The lowest BCUT2D eigenvalue weighted by molar-refractivity contribution is -0.275. The number of aryl methyl sites for hydroxylation is 1. The van der Waals surface area contributed by atoms with Crippen molar-refractivity contribution in [1.29, 1.82) is 0 Å². The fourth-order valence-corrected chi connectivity index (χ4v) is 4.62. The Hall–Kier alpha value is -3.49. The monoisotopic (exact) mass is 626 g/mol. The van der Waals surface area contributed by atoms with Crippen molar-refractivity contribution in [2.45, 2.75) is 45.0 Å². The minimum Gasteiger partial charge on any atom is -0.372 e. The predicted molar refractivity (Wildman–Crippen MR) is 137 cm³/mol. The maximum Gasteiger partial charge on any atom is 0.435 e. The predicted octanol–water partition coefficient (Wildman–Crippen LogP) is 4.62. The molecule has 0 aliphatic carbocycles. The van der Waals surface area contributed by atoms with Gasteiger partial charge >= 0.3 is 6.18 Å². The zero-order valence-corrected chi connectivity index (χ0v) is 22.1. The molecule has 37 heavy (non-hydrogen) atoms. The van der Waals surface area contributed by atoms with Gasteiger partial charge in [0.05, 0.1) is 17.5 Å². The lowest BCUT2D eigenvalue weighted by Crippen LogP contribution is -2.43. The molecule has 2 N–H and O–H groups in total. The maximum atomic E-state index is 14.3. The molecular weight excluding hydrogens is 604 g/mol. The van der Waals surface area contributed by atoms with Gasteiger partial charge in [-0.3, -0.25) is 9.59 Å². The van der Waals surface area contributed by atoms with Crippen LogP contribution in [0.2, 0.25) is 0 Å². The highest BCUT2D eigenvalue weighted by molar-refractivity contribution is 14.1. The van der Waals surface area contributed by atoms with Gasteiger partial charge in [-0.1, -0.05) is 17.3 Å². The van der Waals surface area contributed by atoms with Crippen LogP contribution in [0, 0.1) is 10.5 Å². The second-order valence-electron chi connectivity index (χ2n) is 8.71. The van der Waals surface area contributed by atoms with E-state index in [4.69, 9.17) is 4.84 Å². The molecule has 1 aromatic heterocycles. The first kappa shape index (κ1) is 26.6. The molecule has 1 unspecified atom stereocenters. The summed E-state index contributed by atoms with van der Waals surface area (Å²) in [6.07, 6.45) is -2.99. The van der Waals surface area contributed by atoms with Gasteiger partial charge in [0.15, 0.2) is 5.84 Å². The third-order valence-corrected chi connectivity index (χ3v) is 6.60. The normalized spacial score (nSPS) is 17.4. The second-order valence-corrected chi connectivity index (χ2v) is 9.88. The number of alkyl halides is 3. The summed E-state index contributed by atoms with van der Waals surface area (Å²) in [6.45, 7) is 5.18. The average molecular weight is 626 g/mol. The van der Waals surface area contributed by atoms with E-state index in [1.807, 2.05) is 22.6 Å². The summed E-state index contributed by atoms with van der Waals surface area (Å²) in [5.74, 6) is -1.01. The Balaban J connectivity index is 1.62. The molecule has 0 bridgehead atoms. The van der Waals surface area contributed by atoms with Gasteiger partial charge in [-0.15, -0.1) is 0 Å². The van der Waals surface area contributed by atoms with Crippen LogP contribution in [0.5, 0.6) is 0 Å². The molecule has 2 aromatic carbocycles. The molecule has 0 saturated carbocycles. The van der Waals surface area contributed by atoms with Crippen molar-refractivity contribution in [2.75, 3.05) is 5.32 Å². The highest BCUT2D eigenvalue weighted by atomic mass is 127. The standard InChI is InChI=1S/C24H22F3IN6O3/c1-13(2)31-22(36)20-16(5-4-6-17(20)28)21(35)32-18-8-7-15(9-14(18)3)23(24(25,26)27)10-19(33-37-23)34-12-29-11-30-34/h4-9,11-13H,10H2,1-3H3,(H,31,36)(H,32,35). The van der Waals surface area contributed by atoms with E-state index in [0.29, 0.717) is 9.13 Å². The average Bonchev–Trinajstić information content (AvgIpc) is 3.50. The van der Waals surface area contributed by atoms with Crippen molar-refractivity contribution in [2.24, 2.45) is 5.16 Å². The van der Waals surface area contributed by atoms with E-state index in [1.165, 1.54) is 36.9 Å². The molecule has 0 spiro atoms. The van der Waals surface area contributed by atoms with E-state index in [0.717, 1.165) is 4.68 Å². The number of aromatic nitrogens is 3. The van der Waals surface area contributed by atoms with E-state index in [1.54, 1.807) is 32.9 Å². The molecule has 194 valence electrons. The van der Waals surface area contributed by atoms with Crippen molar-refractivity contribution < 1.29 is 27.6 Å². The largest absolute Gasteiger partial charge is 0.435 e. The van der Waals surface area contributed by atoms with Gasteiger partial charge in [0.1, 0.15) is 12.7 Å². The van der Waals surface area contributed by atoms with E-state index in [9.17, 15) is 22.8 Å². The van der Waals surface area contributed by atoms with Gasteiger partial charge < -0.3 is 15.5 Å². The number of amides is 2. The molecular formula is C24H22F3IN6O3. The summed E-state index contributed by atoms with van der Waals surface area (Å²) >= 11 is 1.98. The minimum atomic E-state index is -4.80. The molecule has 2 amide bonds. The summed E-state index contributed by atoms with van der Waals surface area (Å²) in [7, 11) is 0. The number of halogens is 4. The van der Waals surface area contributed by atoms with Crippen LogP contribution < -0.4 is 10.6 Å². The van der Waals surface area contributed by atoms with Crippen LogP contribution in [0.15, 0.2) is 54.2 Å².